The molecule has 1 saturated carbocycles. The molecule has 0 aromatic heterocycles. The smallest absolute Gasteiger partial charge is 0.152 e. The fourth-order valence-electron chi connectivity index (χ4n) is 2.21. The molecule has 0 heterocycles. The molecule has 4 nitrogen and oxygen atoms in total. The van der Waals surface area contributed by atoms with Gasteiger partial charge in [0, 0.05) is 12.4 Å². The SMILES string of the molecule is CCS(=O)(=O)CCOCC1CCCC1CN. The summed E-state index contributed by atoms with van der Waals surface area (Å²) in [5.41, 5.74) is 5.67. The van der Waals surface area contributed by atoms with Crippen LogP contribution in [0.1, 0.15) is 26.2 Å². The van der Waals surface area contributed by atoms with Crippen LogP contribution >= 0.6 is 0 Å². The first-order chi connectivity index (χ1) is 7.59. The molecular weight excluding hydrogens is 226 g/mol. The van der Waals surface area contributed by atoms with Crippen molar-refractivity contribution in [3.05, 3.63) is 0 Å². The lowest BCUT2D eigenvalue weighted by molar-refractivity contribution is 0.0980. The first-order valence-electron chi connectivity index (χ1n) is 6.07. The van der Waals surface area contributed by atoms with Gasteiger partial charge >= 0.3 is 0 Å². The Kier molecular flexibility index (Phi) is 5.72. The van der Waals surface area contributed by atoms with Gasteiger partial charge in [0.15, 0.2) is 9.84 Å². The molecule has 16 heavy (non-hydrogen) atoms. The fourth-order valence-corrected chi connectivity index (χ4v) is 2.87. The maximum atomic E-state index is 11.2. The zero-order valence-corrected chi connectivity index (χ0v) is 10.8. The monoisotopic (exact) mass is 249 g/mol. The number of sulfone groups is 1. The van der Waals surface area contributed by atoms with Crippen LogP contribution in [0.4, 0.5) is 0 Å². The molecule has 0 saturated heterocycles. The van der Waals surface area contributed by atoms with Gasteiger partial charge < -0.3 is 10.5 Å². The Labute approximate surface area is 98.5 Å². The maximum absolute atomic E-state index is 11.2. The summed E-state index contributed by atoms with van der Waals surface area (Å²) >= 11 is 0. The molecule has 0 aromatic carbocycles. The molecule has 0 aliphatic heterocycles. The van der Waals surface area contributed by atoms with Gasteiger partial charge in [-0.3, -0.25) is 0 Å². The average molecular weight is 249 g/mol. The zero-order chi connectivity index (χ0) is 12.0. The van der Waals surface area contributed by atoms with Crippen LogP contribution in [-0.2, 0) is 14.6 Å². The lowest BCUT2D eigenvalue weighted by atomic mass is 9.97. The van der Waals surface area contributed by atoms with E-state index in [0.29, 0.717) is 25.0 Å². The predicted molar refractivity (Wildman–Crippen MR) is 65.0 cm³/mol. The molecule has 1 aliphatic rings. The van der Waals surface area contributed by atoms with Gasteiger partial charge in [0.1, 0.15) is 0 Å². The predicted octanol–water partition coefficient (Wildman–Crippen LogP) is 0.813. The summed E-state index contributed by atoms with van der Waals surface area (Å²) in [4.78, 5) is 0. The molecule has 0 radical (unpaired) electrons. The van der Waals surface area contributed by atoms with Gasteiger partial charge in [-0.2, -0.15) is 0 Å². The van der Waals surface area contributed by atoms with Crippen LogP contribution in [0.15, 0.2) is 0 Å². The second-order valence-electron chi connectivity index (χ2n) is 4.50. The third-order valence-electron chi connectivity index (χ3n) is 3.43. The van der Waals surface area contributed by atoms with E-state index in [9.17, 15) is 8.42 Å². The van der Waals surface area contributed by atoms with Crippen LogP contribution in [-0.4, -0.2) is 39.7 Å². The molecule has 5 heteroatoms. The first kappa shape index (κ1) is 13.9. The Bertz CT molecular complexity index is 290. The molecule has 2 atom stereocenters. The minimum atomic E-state index is -2.88. The summed E-state index contributed by atoms with van der Waals surface area (Å²) in [5, 5.41) is 0. The van der Waals surface area contributed by atoms with E-state index in [4.69, 9.17) is 10.5 Å². The second kappa shape index (κ2) is 6.57. The normalized spacial score (nSPS) is 26.1. The quantitative estimate of drug-likeness (QED) is 0.678. The first-order valence-corrected chi connectivity index (χ1v) is 7.89. The molecular formula is C11H23NO3S. The molecule has 0 amide bonds. The highest BCUT2D eigenvalue weighted by molar-refractivity contribution is 7.91. The topological polar surface area (TPSA) is 69.4 Å². The van der Waals surface area contributed by atoms with E-state index in [1.165, 1.54) is 19.3 Å². The Morgan fingerprint density at radius 3 is 2.62 bits per heavy atom. The molecule has 0 aromatic rings. The van der Waals surface area contributed by atoms with Crippen LogP contribution < -0.4 is 5.73 Å². The van der Waals surface area contributed by atoms with Crippen molar-refractivity contribution in [1.29, 1.82) is 0 Å². The van der Waals surface area contributed by atoms with Crippen molar-refractivity contribution < 1.29 is 13.2 Å². The number of rotatable bonds is 7. The van der Waals surface area contributed by atoms with Gasteiger partial charge in [0.2, 0.25) is 0 Å². The molecule has 2 N–H and O–H groups in total. The van der Waals surface area contributed by atoms with Crippen molar-refractivity contribution in [3.63, 3.8) is 0 Å². The lowest BCUT2D eigenvalue weighted by Crippen LogP contribution is -2.23. The fraction of sp³-hybridized carbons (Fsp3) is 1.00. The minimum Gasteiger partial charge on any atom is -0.380 e. The van der Waals surface area contributed by atoms with E-state index in [0.717, 1.165) is 6.54 Å². The third-order valence-corrected chi connectivity index (χ3v) is 5.10. The maximum Gasteiger partial charge on any atom is 0.152 e. The van der Waals surface area contributed by atoms with Crippen LogP contribution in [0, 0.1) is 11.8 Å². The number of ether oxygens (including phenoxy) is 1. The van der Waals surface area contributed by atoms with Crippen molar-refractivity contribution in [2.75, 3.05) is 31.3 Å². The molecule has 2 unspecified atom stereocenters. The van der Waals surface area contributed by atoms with E-state index >= 15 is 0 Å². The van der Waals surface area contributed by atoms with E-state index in [-0.39, 0.29) is 11.5 Å². The third kappa shape index (κ3) is 4.39. The zero-order valence-electron chi connectivity index (χ0n) is 10.0. The van der Waals surface area contributed by atoms with E-state index < -0.39 is 9.84 Å². The van der Waals surface area contributed by atoms with Crippen molar-refractivity contribution in [2.45, 2.75) is 26.2 Å². The number of nitrogens with two attached hydrogens (primary N) is 1. The van der Waals surface area contributed by atoms with E-state index in [2.05, 4.69) is 0 Å². The molecule has 0 bridgehead atoms. The van der Waals surface area contributed by atoms with Crippen LogP contribution in [0.2, 0.25) is 0 Å². The van der Waals surface area contributed by atoms with E-state index in [1.54, 1.807) is 6.92 Å². The Hall–Kier alpha value is -0.130. The highest BCUT2D eigenvalue weighted by atomic mass is 32.2. The Balaban J connectivity index is 2.16. The van der Waals surface area contributed by atoms with Gasteiger partial charge in [0.25, 0.3) is 0 Å². The highest BCUT2D eigenvalue weighted by Crippen LogP contribution is 2.30. The molecule has 1 fully saturated rings. The van der Waals surface area contributed by atoms with Crippen molar-refractivity contribution in [3.8, 4) is 0 Å². The molecule has 1 aliphatic carbocycles. The highest BCUT2D eigenvalue weighted by Gasteiger charge is 2.25. The largest absolute Gasteiger partial charge is 0.380 e. The summed E-state index contributed by atoms with van der Waals surface area (Å²) < 4.78 is 27.9. The summed E-state index contributed by atoms with van der Waals surface area (Å²) in [6.07, 6.45) is 3.59. The second-order valence-corrected chi connectivity index (χ2v) is 6.97. The molecule has 96 valence electrons. The Morgan fingerprint density at radius 2 is 2.00 bits per heavy atom. The van der Waals surface area contributed by atoms with Gasteiger partial charge in [-0.15, -0.1) is 0 Å². The van der Waals surface area contributed by atoms with E-state index in [1.807, 2.05) is 0 Å². The molecule has 0 spiro atoms. The van der Waals surface area contributed by atoms with Gasteiger partial charge in [-0.05, 0) is 31.2 Å². The van der Waals surface area contributed by atoms with Gasteiger partial charge in [-0.25, -0.2) is 8.42 Å². The number of hydrogen-bond acceptors (Lipinski definition) is 4. The summed E-state index contributed by atoms with van der Waals surface area (Å²) in [6, 6.07) is 0. The minimum absolute atomic E-state index is 0.142. The average Bonchev–Trinajstić information content (AvgIpc) is 2.72. The molecule has 1 rings (SSSR count). The standard InChI is InChI=1S/C11H23NO3S/c1-2-16(13,14)7-6-15-9-11-5-3-4-10(11)8-12/h10-11H,2-9,12H2,1H3. The van der Waals surface area contributed by atoms with Crippen LogP contribution in [0.25, 0.3) is 0 Å². The van der Waals surface area contributed by atoms with Crippen LogP contribution in [0.5, 0.6) is 0 Å². The van der Waals surface area contributed by atoms with Crippen LogP contribution in [0.3, 0.4) is 0 Å². The summed E-state index contributed by atoms with van der Waals surface area (Å²) in [7, 11) is -2.88. The summed E-state index contributed by atoms with van der Waals surface area (Å²) in [5.74, 6) is 1.45. The van der Waals surface area contributed by atoms with Crippen molar-refractivity contribution in [2.24, 2.45) is 17.6 Å². The number of hydrogen-bond donors (Lipinski definition) is 1. The van der Waals surface area contributed by atoms with Crippen molar-refractivity contribution >= 4 is 9.84 Å². The Morgan fingerprint density at radius 1 is 1.31 bits per heavy atom. The summed E-state index contributed by atoms with van der Waals surface area (Å²) in [6.45, 7) is 3.38. The van der Waals surface area contributed by atoms with Crippen molar-refractivity contribution in [1.82, 2.24) is 0 Å². The lowest BCUT2D eigenvalue weighted by Gasteiger charge is -2.17. The van der Waals surface area contributed by atoms with Gasteiger partial charge in [0.05, 0.1) is 12.4 Å². The van der Waals surface area contributed by atoms with Gasteiger partial charge in [-0.1, -0.05) is 13.3 Å².